The van der Waals surface area contributed by atoms with Gasteiger partial charge in [0, 0.05) is 24.5 Å². The molecule has 2 aromatic rings. The Morgan fingerprint density at radius 1 is 1.16 bits per heavy atom. The number of pyridine rings is 1. The third-order valence-corrected chi connectivity index (χ3v) is 4.22. The Hall–Kier alpha value is -1.94. The molecule has 1 amide bonds. The summed E-state index contributed by atoms with van der Waals surface area (Å²) in [4.78, 5) is 16.6. The molecule has 2 atom stereocenters. The minimum atomic E-state index is -0.0508. The number of hydrogen-bond donors (Lipinski definition) is 2. The molecule has 4 rings (SSSR count). The molecule has 0 radical (unpaired) electrons. The van der Waals surface area contributed by atoms with Crippen molar-refractivity contribution >= 4 is 16.8 Å². The molecule has 1 saturated carbocycles. The maximum absolute atomic E-state index is 12.2. The molecule has 0 spiro atoms. The lowest BCUT2D eigenvalue weighted by Gasteiger charge is -2.07. The van der Waals surface area contributed by atoms with E-state index in [1.165, 1.54) is 0 Å². The van der Waals surface area contributed by atoms with Gasteiger partial charge in [0.15, 0.2) is 0 Å². The highest BCUT2D eigenvalue weighted by atomic mass is 16.2. The number of aromatic nitrogens is 1. The summed E-state index contributed by atoms with van der Waals surface area (Å²) < 4.78 is 0. The van der Waals surface area contributed by atoms with Crippen molar-refractivity contribution in [1.29, 1.82) is 0 Å². The Kier molecular flexibility index (Phi) is 2.32. The van der Waals surface area contributed by atoms with E-state index >= 15 is 0 Å². The van der Waals surface area contributed by atoms with E-state index in [2.05, 4.69) is 15.6 Å². The lowest BCUT2D eigenvalue weighted by atomic mass is 10.2. The van der Waals surface area contributed by atoms with Gasteiger partial charge < -0.3 is 10.6 Å². The van der Waals surface area contributed by atoms with Crippen molar-refractivity contribution in [1.82, 2.24) is 15.6 Å². The van der Waals surface area contributed by atoms with Crippen molar-refractivity contribution in [2.24, 2.45) is 11.8 Å². The van der Waals surface area contributed by atoms with Gasteiger partial charge in [-0.2, -0.15) is 0 Å². The van der Waals surface area contributed by atoms with E-state index in [-0.39, 0.29) is 5.91 Å². The Bertz CT molecular complexity index is 645. The summed E-state index contributed by atoms with van der Waals surface area (Å²) in [6.45, 7) is 2.06. The number of carbonyl (C=O) groups is 1. The predicted octanol–water partition coefficient (Wildman–Crippen LogP) is 1.18. The van der Waals surface area contributed by atoms with Gasteiger partial charge in [-0.05, 0) is 24.0 Å². The molecular formula is C15H15N3O. The third kappa shape index (κ3) is 1.79. The van der Waals surface area contributed by atoms with Gasteiger partial charge >= 0.3 is 0 Å². The van der Waals surface area contributed by atoms with E-state index in [9.17, 15) is 4.79 Å². The summed E-state index contributed by atoms with van der Waals surface area (Å²) in [7, 11) is 0. The van der Waals surface area contributed by atoms with Crippen LogP contribution in [0.15, 0.2) is 36.4 Å². The van der Waals surface area contributed by atoms with E-state index in [1.807, 2.05) is 30.3 Å². The number of piperidine rings is 1. The molecule has 2 heterocycles. The lowest BCUT2D eigenvalue weighted by Crippen LogP contribution is -2.32. The Morgan fingerprint density at radius 2 is 1.95 bits per heavy atom. The fourth-order valence-electron chi connectivity index (χ4n) is 3.05. The van der Waals surface area contributed by atoms with E-state index < -0.39 is 0 Å². The van der Waals surface area contributed by atoms with Crippen LogP contribution in [0.3, 0.4) is 0 Å². The van der Waals surface area contributed by atoms with E-state index in [1.54, 1.807) is 6.07 Å². The lowest BCUT2D eigenvalue weighted by molar-refractivity contribution is 0.0942. The number of amides is 1. The van der Waals surface area contributed by atoms with Crippen LogP contribution in [0.1, 0.15) is 10.5 Å². The van der Waals surface area contributed by atoms with Crippen LogP contribution >= 0.6 is 0 Å². The predicted molar refractivity (Wildman–Crippen MR) is 72.8 cm³/mol. The average molecular weight is 253 g/mol. The first kappa shape index (κ1) is 10.9. The summed E-state index contributed by atoms with van der Waals surface area (Å²) in [5.41, 5.74) is 1.38. The summed E-state index contributed by atoms with van der Waals surface area (Å²) in [6.07, 6.45) is 0. The average Bonchev–Trinajstić information content (AvgIpc) is 2.88. The topological polar surface area (TPSA) is 54.0 Å². The first-order chi connectivity index (χ1) is 9.33. The third-order valence-electron chi connectivity index (χ3n) is 4.22. The number of fused-ring (bicyclic) bond motifs is 2. The Balaban J connectivity index is 1.55. The van der Waals surface area contributed by atoms with E-state index in [0.717, 1.165) is 24.0 Å². The van der Waals surface area contributed by atoms with Crippen LogP contribution in [0, 0.1) is 11.8 Å². The molecule has 0 bridgehead atoms. The number of hydrogen-bond acceptors (Lipinski definition) is 3. The Labute approximate surface area is 111 Å². The molecule has 1 aromatic heterocycles. The number of nitrogens with zero attached hydrogens (tertiary/aromatic N) is 1. The minimum Gasteiger partial charge on any atom is -0.347 e. The van der Waals surface area contributed by atoms with Crippen molar-refractivity contribution in [3.05, 3.63) is 42.1 Å². The molecule has 4 nitrogen and oxygen atoms in total. The summed E-state index contributed by atoms with van der Waals surface area (Å²) in [5.74, 6) is 1.21. The van der Waals surface area contributed by atoms with Crippen molar-refractivity contribution in [3.8, 4) is 0 Å². The second-order valence-electron chi connectivity index (χ2n) is 5.37. The molecule has 1 aliphatic heterocycles. The smallest absolute Gasteiger partial charge is 0.270 e. The van der Waals surface area contributed by atoms with Crippen LogP contribution in [-0.2, 0) is 0 Å². The molecule has 2 aliphatic rings. The highest BCUT2D eigenvalue weighted by Crippen LogP contribution is 2.41. The Morgan fingerprint density at radius 3 is 2.79 bits per heavy atom. The zero-order chi connectivity index (χ0) is 12.8. The zero-order valence-electron chi connectivity index (χ0n) is 10.5. The van der Waals surface area contributed by atoms with Crippen molar-refractivity contribution < 1.29 is 4.79 Å². The van der Waals surface area contributed by atoms with E-state index in [0.29, 0.717) is 23.6 Å². The van der Waals surface area contributed by atoms with Crippen LogP contribution in [0.2, 0.25) is 0 Å². The van der Waals surface area contributed by atoms with Gasteiger partial charge in [0.05, 0.1) is 5.52 Å². The molecule has 2 unspecified atom stereocenters. The summed E-state index contributed by atoms with van der Waals surface area (Å²) in [5, 5.41) is 7.48. The fourth-order valence-corrected chi connectivity index (χ4v) is 3.05. The van der Waals surface area contributed by atoms with Crippen LogP contribution in [0.25, 0.3) is 10.9 Å². The van der Waals surface area contributed by atoms with Crippen LogP contribution in [0.5, 0.6) is 0 Å². The van der Waals surface area contributed by atoms with Gasteiger partial charge in [0.25, 0.3) is 5.91 Å². The van der Waals surface area contributed by atoms with Crippen molar-refractivity contribution in [2.45, 2.75) is 6.04 Å². The summed E-state index contributed by atoms with van der Waals surface area (Å²) in [6, 6.07) is 11.9. The van der Waals surface area contributed by atoms with Crippen molar-refractivity contribution in [3.63, 3.8) is 0 Å². The van der Waals surface area contributed by atoms with Gasteiger partial charge in [0.2, 0.25) is 0 Å². The number of carbonyl (C=O) groups excluding carboxylic acids is 1. The first-order valence-corrected chi connectivity index (χ1v) is 6.70. The number of benzene rings is 1. The van der Waals surface area contributed by atoms with Gasteiger partial charge in [-0.25, -0.2) is 4.98 Å². The molecule has 4 heteroatoms. The second kappa shape index (κ2) is 4.03. The molecule has 1 aromatic carbocycles. The standard InChI is InChI=1S/C15H15N3O/c19-15(18-14-10-7-16-8-11(10)14)13-6-5-9-3-1-2-4-12(9)17-13/h1-6,10-11,14,16H,7-8H2,(H,18,19). The maximum atomic E-state index is 12.2. The van der Waals surface area contributed by atoms with Gasteiger partial charge in [0.1, 0.15) is 5.69 Å². The molecular weight excluding hydrogens is 238 g/mol. The minimum absolute atomic E-state index is 0.0508. The molecule has 2 N–H and O–H groups in total. The number of para-hydroxylation sites is 1. The van der Waals surface area contributed by atoms with Crippen molar-refractivity contribution in [2.75, 3.05) is 13.1 Å². The van der Waals surface area contributed by atoms with Crippen LogP contribution in [0.4, 0.5) is 0 Å². The highest BCUT2D eigenvalue weighted by molar-refractivity contribution is 5.95. The monoisotopic (exact) mass is 253 g/mol. The van der Waals surface area contributed by atoms with Gasteiger partial charge in [-0.3, -0.25) is 4.79 Å². The molecule has 1 saturated heterocycles. The molecule has 1 aliphatic carbocycles. The van der Waals surface area contributed by atoms with E-state index in [4.69, 9.17) is 0 Å². The normalized spacial score (nSPS) is 28.1. The molecule has 96 valence electrons. The first-order valence-electron chi connectivity index (χ1n) is 6.70. The zero-order valence-corrected chi connectivity index (χ0v) is 10.5. The maximum Gasteiger partial charge on any atom is 0.270 e. The quantitative estimate of drug-likeness (QED) is 0.845. The highest BCUT2D eigenvalue weighted by Gasteiger charge is 2.53. The van der Waals surface area contributed by atoms with Gasteiger partial charge in [-0.15, -0.1) is 0 Å². The van der Waals surface area contributed by atoms with Crippen LogP contribution in [-0.4, -0.2) is 30.0 Å². The second-order valence-corrected chi connectivity index (χ2v) is 5.37. The number of rotatable bonds is 2. The summed E-state index contributed by atoms with van der Waals surface area (Å²) >= 11 is 0. The largest absolute Gasteiger partial charge is 0.347 e. The number of nitrogens with one attached hydrogen (secondary N) is 2. The SMILES string of the molecule is O=C(NC1C2CNCC21)c1ccc2ccccc2n1. The fraction of sp³-hybridized carbons (Fsp3) is 0.333. The molecule has 19 heavy (non-hydrogen) atoms. The van der Waals surface area contributed by atoms with Crippen LogP contribution < -0.4 is 10.6 Å². The van der Waals surface area contributed by atoms with Gasteiger partial charge in [-0.1, -0.05) is 24.3 Å². The molecule has 2 fully saturated rings.